The molecular formula is C12H20BrN3O2. The molecule has 0 aliphatic carbocycles. The van der Waals surface area contributed by atoms with Gasteiger partial charge < -0.3 is 15.1 Å². The van der Waals surface area contributed by atoms with Crippen LogP contribution in [0.1, 0.15) is 12.8 Å². The van der Waals surface area contributed by atoms with Gasteiger partial charge in [0.1, 0.15) is 0 Å². The summed E-state index contributed by atoms with van der Waals surface area (Å²) in [6, 6.07) is 0.0164. The Morgan fingerprint density at radius 3 is 2.39 bits per heavy atom. The Balaban J connectivity index is 2.37. The largest absolute Gasteiger partial charge is 0.351 e. The first kappa shape index (κ1) is 15.0. The monoisotopic (exact) mass is 317 g/mol. The van der Waals surface area contributed by atoms with Crippen LogP contribution in [-0.4, -0.2) is 55.5 Å². The van der Waals surface area contributed by atoms with Crippen LogP contribution in [0.4, 0.5) is 4.79 Å². The second-order valence-electron chi connectivity index (χ2n) is 4.67. The maximum atomic E-state index is 11.8. The molecule has 0 bridgehead atoms. The van der Waals surface area contributed by atoms with E-state index in [-0.39, 0.29) is 17.9 Å². The van der Waals surface area contributed by atoms with Crippen molar-refractivity contribution < 1.29 is 9.59 Å². The highest BCUT2D eigenvalue weighted by Crippen LogP contribution is 2.18. The first-order valence-corrected chi connectivity index (χ1v) is 6.78. The van der Waals surface area contributed by atoms with Gasteiger partial charge in [0.15, 0.2) is 0 Å². The Labute approximate surface area is 116 Å². The van der Waals surface area contributed by atoms with Crippen molar-refractivity contribution in [1.29, 1.82) is 0 Å². The van der Waals surface area contributed by atoms with Crippen molar-refractivity contribution in [1.82, 2.24) is 15.1 Å². The molecule has 0 aromatic carbocycles. The first-order chi connectivity index (χ1) is 8.41. The third kappa shape index (κ3) is 4.33. The molecule has 0 saturated carbocycles. The zero-order valence-corrected chi connectivity index (χ0v) is 12.5. The highest BCUT2D eigenvalue weighted by atomic mass is 79.9. The Bertz CT molecular complexity index is 336. The van der Waals surface area contributed by atoms with Crippen molar-refractivity contribution in [3.63, 3.8) is 0 Å². The summed E-state index contributed by atoms with van der Waals surface area (Å²) in [4.78, 5) is 26.9. The van der Waals surface area contributed by atoms with E-state index in [2.05, 4.69) is 27.8 Å². The Morgan fingerprint density at radius 1 is 1.39 bits per heavy atom. The van der Waals surface area contributed by atoms with Crippen LogP contribution in [-0.2, 0) is 4.79 Å². The van der Waals surface area contributed by atoms with Gasteiger partial charge in [-0.3, -0.25) is 4.79 Å². The molecular weight excluding hydrogens is 298 g/mol. The van der Waals surface area contributed by atoms with E-state index in [9.17, 15) is 9.59 Å². The van der Waals surface area contributed by atoms with E-state index < -0.39 is 0 Å². The van der Waals surface area contributed by atoms with Gasteiger partial charge in [-0.2, -0.15) is 0 Å². The summed E-state index contributed by atoms with van der Waals surface area (Å²) in [5, 5.41) is 2.82. The third-order valence-electron chi connectivity index (χ3n) is 2.97. The molecule has 0 atom stereocenters. The topological polar surface area (TPSA) is 52.7 Å². The summed E-state index contributed by atoms with van der Waals surface area (Å²) in [5.41, 5.74) is 0. The number of likely N-dealkylation sites (tertiary alicyclic amines) is 1. The third-order valence-corrected chi connectivity index (χ3v) is 3.25. The molecule has 1 rings (SSSR count). The molecule has 0 unspecified atom stereocenters. The van der Waals surface area contributed by atoms with E-state index in [0.717, 1.165) is 17.3 Å². The van der Waals surface area contributed by atoms with Crippen molar-refractivity contribution in [2.45, 2.75) is 12.8 Å². The quantitative estimate of drug-likeness (QED) is 0.855. The molecule has 1 fully saturated rings. The lowest BCUT2D eigenvalue weighted by molar-refractivity contribution is -0.126. The summed E-state index contributed by atoms with van der Waals surface area (Å²) < 4.78 is 0.760. The van der Waals surface area contributed by atoms with E-state index in [1.807, 2.05) is 0 Å². The van der Waals surface area contributed by atoms with Gasteiger partial charge in [-0.15, -0.1) is 0 Å². The van der Waals surface area contributed by atoms with Crippen molar-refractivity contribution in [2.24, 2.45) is 5.92 Å². The minimum absolute atomic E-state index is 0.00284. The number of carbonyl (C=O) groups is 2. The van der Waals surface area contributed by atoms with Crippen LogP contribution in [0.15, 0.2) is 11.1 Å². The van der Waals surface area contributed by atoms with Gasteiger partial charge in [0.05, 0.1) is 0 Å². The SMILES string of the molecule is C=C(Br)CNC(=O)C1CCN(C(=O)N(C)C)CC1. The first-order valence-electron chi connectivity index (χ1n) is 5.99. The van der Waals surface area contributed by atoms with E-state index in [0.29, 0.717) is 19.6 Å². The fourth-order valence-corrected chi connectivity index (χ4v) is 2.08. The van der Waals surface area contributed by atoms with E-state index in [1.165, 1.54) is 0 Å². The van der Waals surface area contributed by atoms with Crippen molar-refractivity contribution in [3.8, 4) is 0 Å². The van der Waals surface area contributed by atoms with Gasteiger partial charge in [0.25, 0.3) is 0 Å². The predicted molar refractivity (Wildman–Crippen MR) is 74.5 cm³/mol. The lowest BCUT2D eigenvalue weighted by Gasteiger charge is -2.33. The van der Waals surface area contributed by atoms with E-state index in [4.69, 9.17) is 0 Å². The molecule has 1 saturated heterocycles. The molecule has 5 nitrogen and oxygen atoms in total. The molecule has 3 amide bonds. The zero-order valence-electron chi connectivity index (χ0n) is 10.9. The Hall–Kier alpha value is -1.04. The molecule has 1 heterocycles. The number of carbonyl (C=O) groups excluding carboxylic acids is 2. The van der Waals surface area contributed by atoms with Gasteiger partial charge in [-0.25, -0.2) is 4.79 Å². The summed E-state index contributed by atoms with van der Waals surface area (Å²) in [6.45, 7) is 5.41. The zero-order chi connectivity index (χ0) is 13.7. The number of hydrogen-bond donors (Lipinski definition) is 1. The molecule has 1 aliphatic rings. The van der Waals surface area contributed by atoms with Gasteiger partial charge >= 0.3 is 6.03 Å². The van der Waals surface area contributed by atoms with Crippen molar-refractivity contribution >= 4 is 27.9 Å². The van der Waals surface area contributed by atoms with Gasteiger partial charge in [-0.05, 0) is 12.8 Å². The lowest BCUT2D eigenvalue weighted by Crippen LogP contribution is -2.46. The fourth-order valence-electron chi connectivity index (χ4n) is 1.94. The number of urea groups is 1. The smallest absolute Gasteiger partial charge is 0.319 e. The molecule has 0 aromatic heterocycles. The van der Waals surface area contributed by atoms with E-state index >= 15 is 0 Å². The van der Waals surface area contributed by atoms with Gasteiger partial charge in [-0.1, -0.05) is 22.5 Å². The molecule has 18 heavy (non-hydrogen) atoms. The molecule has 0 spiro atoms. The number of halogens is 1. The molecule has 1 N–H and O–H groups in total. The van der Waals surface area contributed by atoms with Crippen LogP contribution in [0.5, 0.6) is 0 Å². The van der Waals surface area contributed by atoms with Crippen molar-refractivity contribution in [2.75, 3.05) is 33.7 Å². The fraction of sp³-hybridized carbons (Fsp3) is 0.667. The summed E-state index contributed by atoms with van der Waals surface area (Å²) in [6.07, 6.45) is 1.44. The number of rotatable bonds is 3. The number of amides is 3. The Morgan fingerprint density at radius 2 is 1.94 bits per heavy atom. The second kappa shape index (κ2) is 6.78. The molecule has 0 radical (unpaired) electrons. The van der Waals surface area contributed by atoms with Gasteiger partial charge in [0.2, 0.25) is 5.91 Å². The lowest BCUT2D eigenvalue weighted by atomic mass is 9.96. The summed E-state index contributed by atoms with van der Waals surface area (Å²) >= 11 is 3.20. The molecule has 0 aromatic rings. The molecule has 1 aliphatic heterocycles. The molecule has 6 heteroatoms. The maximum absolute atomic E-state index is 11.8. The Kier molecular flexibility index (Phi) is 5.65. The van der Waals surface area contributed by atoms with Gasteiger partial charge in [0, 0.05) is 44.1 Å². The number of piperidine rings is 1. The second-order valence-corrected chi connectivity index (χ2v) is 5.79. The van der Waals surface area contributed by atoms with E-state index in [1.54, 1.807) is 23.9 Å². The minimum atomic E-state index is 0.00284. The van der Waals surface area contributed by atoms with Crippen LogP contribution in [0, 0.1) is 5.92 Å². The maximum Gasteiger partial charge on any atom is 0.319 e. The standard InChI is InChI=1S/C12H20BrN3O2/c1-9(13)8-14-11(17)10-4-6-16(7-5-10)12(18)15(2)3/h10H,1,4-8H2,2-3H3,(H,14,17). The van der Waals surface area contributed by atoms with Crippen LogP contribution in [0.25, 0.3) is 0 Å². The van der Waals surface area contributed by atoms with Crippen LogP contribution < -0.4 is 5.32 Å². The number of hydrogen-bond acceptors (Lipinski definition) is 2. The van der Waals surface area contributed by atoms with Crippen molar-refractivity contribution in [3.05, 3.63) is 11.1 Å². The highest BCUT2D eigenvalue weighted by Gasteiger charge is 2.27. The number of nitrogens with zero attached hydrogens (tertiary/aromatic N) is 2. The van der Waals surface area contributed by atoms with Crippen LogP contribution in [0.2, 0.25) is 0 Å². The van der Waals surface area contributed by atoms with Crippen LogP contribution in [0.3, 0.4) is 0 Å². The average molecular weight is 318 g/mol. The summed E-state index contributed by atoms with van der Waals surface area (Å²) in [5.74, 6) is 0.0515. The normalized spacial score (nSPS) is 16.3. The minimum Gasteiger partial charge on any atom is -0.351 e. The highest BCUT2D eigenvalue weighted by molar-refractivity contribution is 9.11. The summed E-state index contributed by atoms with van der Waals surface area (Å²) in [7, 11) is 3.48. The average Bonchev–Trinajstić information content (AvgIpc) is 2.35. The molecule has 102 valence electrons. The van der Waals surface area contributed by atoms with Crippen LogP contribution >= 0.6 is 15.9 Å². The predicted octanol–water partition coefficient (Wildman–Crippen LogP) is 1.40. The number of nitrogens with one attached hydrogen (secondary N) is 1.